The molecule has 0 fully saturated rings. The van der Waals surface area contributed by atoms with E-state index in [9.17, 15) is 18.4 Å². The second kappa shape index (κ2) is 6.95. The predicted molar refractivity (Wildman–Crippen MR) is 94.7 cm³/mol. The van der Waals surface area contributed by atoms with Gasteiger partial charge >= 0.3 is 0 Å². The van der Waals surface area contributed by atoms with E-state index in [0.29, 0.717) is 17.9 Å². The molecular weight excluding hydrogens is 342 g/mol. The van der Waals surface area contributed by atoms with Crippen LogP contribution in [0.3, 0.4) is 0 Å². The van der Waals surface area contributed by atoms with Gasteiger partial charge < -0.3 is 14.6 Å². The summed E-state index contributed by atoms with van der Waals surface area (Å²) in [5, 5.41) is 2.41. The standard InChI is InChI=1S/C19H16F2N2O3/c1-3-26-11-7-8-16-12(9-11)18(24)13(10-23(16)2)19(25)22-17-14(20)5-4-6-15(17)21/h4-10H,3H2,1-2H3,(H,22,25). The van der Waals surface area contributed by atoms with E-state index in [1.54, 1.807) is 29.8 Å². The molecule has 0 aliphatic heterocycles. The number of amides is 1. The van der Waals surface area contributed by atoms with Crippen molar-refractivity contribution in [3.8, 4) is 5.75 Å². The zero-order chi connectivity index (χ0) is 18.8. The van der Waals surface area contributed by atoms with E-state index in [0.717, 1.165) is 12.1 Å². The summed E-state index contributed by atoms with van der Waals surface area (Å²) in [6.45, 7) is 2.24. The second-order valence-electron chi connectivity index (χ2n) is 5.65. The van der Waals surface area contributed by atoms with E-state index in [-0.39, 0.29) is 10.9 Å². The van der Waals surface area contributed by atoms with Crippen LogP contribution in [0, 0.1) is 11.6 Å². The van der Waals surface area contributed by atoms with Gasteiger partial charge in [0.1, 0.15) is 28.6 Å². The molecule has 0 radical (unpaired) electrons. The molecule has 0 aliphatic carbocycles. The number of benzene rings is 2. The van der Waals surface area contributed by atoms with Gasteiger partial charge in [0.05, 0.1) is 17.5 Å². The number of pyridine rings is 1. The lowest BCUT2D eigenvalue weighted by Gasteiger charge is -2.12. The molecule has 1 heterocycles. The largest absolute Gasteiger partial charge is 0.494 e. The molecular formula is C19H16F2N2O3. The van der Waals surface area contributed by atoms with Crippen LogP contribution < -0.4 is 15.5 Å². The summed E-state index contributed by atoms with van der Waals surface area (Å²) in [4.78, 5) is 25.2. The maximum atomic E-state index is 13.7. The first-order chi connectivity index (χ1) is 12.4. The van der Waals surface area contributed by atoms with E-state index in [1.165, 1.54) is 12.3 Å². The number of fused-ring (bicyclic) bond motifs is 1. The van der Waals surface area contributed by atoms with Crippen LogP contribution in [0.2, 0.25) is 0 Å². The van der Waals surface area contributed by atoms with E-state index in [2.05, 4.69) is 5.32 Å². The molecule has 1 amide bonds. The minimum absolute atomic E-state index is 0.226. The third kappa shape index (κ3) is 3.15. The van der Waals surface area contributed by atoms with Crippen molar-refractivity contribution in [1.29, 1.82) is 0 Å². The van der Waals surface area contributed by atoms with E-state index >= 15 is 0 Å². The number of rotatable bonds is 4. The Morgan fingerprint density at radius 3 is 2.54 bits per heavy atom. The molecule has 0 unspecified atom stereocenters. The number of para-hydroxylation sites is 1. The number of aromatic nitrogens is 1. The lowest BCUT2D eigenvalue weighted by molar-refractivity contribution is 0.102. The van der Waals surface area contributed by atoms with Crippen LogP contribution in [0.5, 0.6) is 5.75 Å². The van der Waals surface area contributed by atoms with Gasteiger partial charge in [0.15, 0.2) is 0 Å². The van der Waals surface area contributed by atoms with Gasteiger partial charge in [0.25, 0.3) is 5.91 Å². The van der Waals surface area contributed by atoms with Crippen LogP contribution in [0.15, 0.2) is 47.4 Å². The van der Waals surface area contributed by atoms with Crippen molar-refractivity contribution in [2.24, 2.45) is 7.05 Å². The Labute approximate surface area is 147 Å². The van der Waals surface area contributed by atoms with Crippen LogP contribution in [-0.4, -0.2) is 17.1 Å². The van der Waals surface area contributed by atoms with Crippen LogP contribution in [0.4, 0.5) is 14.5 Å². The molecule has 3 aromatic rings. The molecule has 1 N–H and O–H groups in total. The second-order valence-corrected chi connectivity index (χ2v) is 5.65. The number of hydrogen-bond acceptors (Lipinski definition) is 3. The summed E-state index contributed by atoms with van der Waals surface area (Å²) in [5.41, 5.74) is -0.764. The molecule has 134 valence electrons. The Balaban J connectivity index is 2.08. The van der Waals surface area contributed by atoms with E-state index < -0.39 is 28.7 Å². The van der Waals surface area contributed by atoms with Gasteiger partial charge in [-0.2, -0.15) is 0 Å². The fraction of sp³-hybridized carbons (Fsp3) is 0.158. The maximum Gasteiger partial charge on any atom is 0.261 e. The number of anilines is 1. The average molecular weight is 358 g/mol. The van der Waals surface area contributed by atoms with Crippen molar-refractivity contribution >= 4 is 22.5 Å². The van der Waals surface area contributed by atoms with Crippen molar-refractivity contribution in [2.45, 2.75) is 6.92 Å². The SMILES string of the molecule is CCOc1ccc2c(c1)c(=O)c(C(=O)Nc1c(F)cccc1F)cn2C. The number of nitrogens with zero attached hydrogens (tertiary/aromatic N) is 1. The molecule has 0 atom stereocenters. The fourth-order valence-electron chi connectivity index (χ4n) is 2.69. The molecule has 3 rings (SSSR count). The molecule has 7 heteroatoms. The minimum atomic E-state index is -0.922. The highest BCUT2D eigenvalue weighted by Crippen LogP contribution is 2.21. The first-order valence-electron chi connectivity index (χ1n) is 7.94. The van der Waals surface area contributed by atoms with Crippen molar-refractivity contribution in [2.75, 3.05) is 11.9 Å². The number of hydrogen-bond donors (Lipinski definition) is 1. The van der Waals surface area contributed by atoms with Gasteiger partial charge in [-0.25, -0.2) is 8.78 Å². The van der Waals surface area contributed by atoms with Gasteiger partial charge in [-0.05, 0) is 37.3 Å². The molecule has 0 saturated heterocycles. The number of carbonyl (C=O) groups excluding carboxylic acids is 1. The molecule has 2 aromatic carbocycles. The first-order valence-corrected chi connectivity index (χ1v) is 7.94. The molecule has 0 aliphatic rings. The van der Waals surface area contributed by atoms with E-state index in [4.69, 9.17) is 4.74 Å². The zero-order valence-electron chi connectivity index (χ0n) is 14.2. The van der Waals surface area contributed by atoms with Crippen LogP contribution in [0.25, 0.3) is 10.9 Å². The predicted octanol–water partition coefficient (Wildman–Crippen LogP) is 3.47. The lowest BCUT2D eigenvalue weighted by atomic mass is 10.1. The number of aryl methyl sites for hydroxylation is 1. The molecule has 0 bridgehead atoms. The van der Waals surface area contributed by atoms with Gasteiger partial charge in [0, 0.05) is 13.2 Å². The smallest absolute Gasteiger partial charge is 0.261 e. The van der Waals surface area contributed by atoms with Gasteiger partial charge in [-0.3, -0.25) is 9.59 Å². The van der Waals surface area contributed by atoms with Gasteiger partial charge in [-0.1, -0.05) is 6.07 Å². The zero-order valence-corrected chi connectivity index (χ0v) is 14.2. The summed E-state index contributed by atoms with van der Waals surface area (Å²) >= 11 is 0. The summed E-state index contributed by atoms with van der Waals surface area (Å²) in [6, 6.07) is 8.20. The van der Waals surface area contributed by atoms with Gasteiger partial charge in [-0.15, -0.1) is 0 Å². The van der Waals surface area contributed by atoms with Crippen LogP contribution >= 0.6 is 0 Å². The number of halogens is 2. The third-order valence-electron chi connectivity index (χ3n) is 3.92. The highest BCUT2D eigenvalue weighted by Gasteiger charge is 2.18. The summed E-state index contributed by atoms with van der Waals surface area (Å²) < 4.78 is 34.5. The molecule has 0 saturated carbocycles. The Kier molecular flexibility index (Phi) is 4.71. The topological polar surface area (TPSA) is 60.3 Å². The molecule has 0 spiro atoms. The van der Waals surface area contributed by atoms with Gasteiger partial charge in [0.2, 0.25) is 5.43 Å². The first kappa shape index (κ1) is 17.6. The number of carbonyl (C=O) groups is 1. The van der Waals surface area contributed by atoms with Crippen LogP contribution in [0.1, 0.15) is 17.3 Å². The Morgan fingerprint density at radius 1 is 1.19 bits per heavy atom. The molecule has 5 nitrogen and oxygen atoms in total. The quantitative estimate of drug-likeness (QED) is 0.777. The van der Waals surface area contributed by atoms with Crippen molar-refractivity contribution in [3.63, 3.8) is 0 Å². The maximum absolute atomic E-state index is 13.7. The third-order valence-corrected chi connectivity index (χ3v) is 3.92. The highest BCUT2D eigenvalue weighted by molar-refractivity contribution is 6.06. The van der Waals surface area contributed by atoms with Crippen molar-refractivity contribution < 1.29 is 18.3 Å². The van der Waals surface area contributed by atoms with Crippen molar-refractivity contribution in [1.82, 2.24) is 4.57 Å². The highest BCUT2D eigenvalue weighted by atomic mass is 19.1. The average Bonchev–Trinajstić information content (AvgIpc) is 2.61. The summed E-state index contributed by atoms with van der Waals surface area (Å²) in [7, 11) is 1.67. The fourth-order valence-corrected chi connectivity index (χ4v) is 2.69. The monoisotopic (exact) mass is 358 g/mol. The Morgan fingerprint density at radius 2 is 1.88 bits per heavy atom. The number of nitrogens with one attached hydrogen (secondary N) is 1. The van der Waals surface area contributed by atoms with E-state index in [1.807, 2.05) is 6.92 Å². The Hall–Kier alpha value is -3.22. The Bertz CT molecular complexity index is 1040. The van der Waals surface area contributed by atoms with Crippen LogP contribution in [-0.2, 0) is 7.05 Å². The normalized spacial score (nSPS) is 10.8. The molecule has 1 aromatic heterocycles. The minimum Gasteiger partial charge on any atom is -0.494 e. The number of ether oxygens (including phenoxy) is 1. The summed E-state index contributed by atoms with van der Waals surface area (Å²) in [6.07, 6.45) is 1.33. The summed E-state index contributed by atoms with van der Waals surface area (Å²) in [5.74, 6) is -2.24. The van der Waals surface area contributed by atoms with Crippen molar-refractivity contribution in [3.05, 3.63) is 70.0 Å². The molecule has 26 heavy (non-hydrogen) atoms. The lowest BCUT2D eigenvalue weighted by Crippen LogP contribution is -2.24.